The van der Waals surface area contributed by atoms with Crippen molar-refractivity contribution in [3.8, 4) is 0 Å². The van der Waals surface area contributed by atoms with Crippen molar-refractivity contribution < 1.29 is 0 Å². The van der Waals surface area contributed by atoms with Crippen molar-refractivity contribution in [2.24, 2.45) is 0 Å². The van der Waals surface area contributed by atoms with Gasteiger partial charge in [0.05, 0.1) is 35.3 Å². The van der Waals surface area contributed by atoms with E-state index >= 15 is 0 Å². The first-order valence-corrected chi connectivity index (χ1v) is 5.10. The molecule has 14 heavy (non-hydrogen) atoms. The number of nitrogens with zero attached hydrogens (tertiary/aromatic N) is 2. The summed E-state index contributed by atoms with van der Waals surface area (Å²) >= 11 is 1.59. The van der Waals surface area contributed by atoms with Crippen LogP contribution in [0.5, 0.6) is 0 Å². The zero-order valence-electron chi connectivity index (χ0n) is 7.47. The molecule has 0 bridgehead atoms. The van der Waals surface area contributed by atoms with Gasteiger partial charge < -0.3 is 11.1 Å². The zero-order chi connectivity index (χ0) is 9.80. The molecule has 0 aliphatic heterocycles. The van der Waals surface area contributed by atoms with Gasteiger partial charge in [-0.05, 0) is 6.07 Å². The number of nitrogens with one attached hydrogen (secondary N) is 1. The summed E-state index contributed by atoms with van der Waals surface area (Å²) in [6.45, 7) is 0.703. The summed E-state index contributed by atoms with van der Waals surface area (Å²) < 4.78 is 0. The molecule has 0 saturated heterocycles. The van der Waals surface area contributed by atoms with E-state index in [4.69, 9.17) is 5.73 Å². The molecule has 2 aromatic heterocycles. The molecule has 2 heterocycles. The average Bonchev–Trinajstić information content (AvgIpc) is 2.67. The maximum Gasteiger partial charge on any atom is 0.0795 e. The molecule has 72 valence electrons. The molecule has 0 amide bonds. The van der Waals surface area contributed by atoms with Gasteiger partial charge in [-0.15, -0.1) is 11.3 Å². The number of thiazole rings is 1. The first-order valence-electron chi connectivity index (χ1n) is 4.16. The van der Waals surface area contributed by atoms with Crippen LogP contribution in [0.25, 0.3) is 0 Å². The van der Waals surface area contributed by atoms with E-state index in [1.54, 1.807) is 23.7 Å². The topological polar surface area (TPSA) is 63.8 Å². The van der Waals surface area contributed by atoms with Gasteiger partial charge in [0, 0.05) is 11.6 Å². The minimum absolute atomic E-state index is 0.660. The summed E-state index contributed by atoms with van der Waals surface area (Å²) in [5, 5.41) is 5.20. The maximum absolute atomic E-state index is 5.59. The number of nitrogen functional groups attached to an aromatic ring is 1. The van der Waals surface area contributed by atoms with E-state index in [-0.39, 0.29) is 0 Å². The van der Waals surface area contributed by atoms with Crippen LogP contribution in [0.4, 0.5) is 11.4 Å². The fourth-order valence-electron chi connectivity index (χ4n) is 1.07. The molecule has 0 unspecified atom stereocenters. The van der Waals surface area contributed by atoms with Crippen LogP contribution < -0.4 is 11.1 Å². The van der Waals surface area contributed by atoms with Crippen molar-refractivity contribution in [3.05, 3.63) is 35.0 Å². The Kier molecular flexibility index (Phi) is 2.60. The molecule has 0 saturated carbocycles. The first-order chi connectivity index (χ1) is 6.84. The predicted octanol–water partition coefficient (Wildman–Crippen LogP) is 1.73. The van der Waals surface area contributed by atoms with Gasteiger partial charge in [-0.2, -0.15) is 0 Å². The van der Waals surface area contributed by atoms with Crippen LogP contribution in [0.2, 0.25) is 0 Å². The smallest absolute Gasteiger partial charge is 0.0795 e. The third-order valence-electron chi connectivity index (χ3n) is 1.72. The molecule has 0 aliphatic rings. The van der Waals surface area contributed by atoms with Crippen molar-refractivity contribution in [2.75, 3.05) is 11.1 Å². The lowest BCUT2D eigenvalue weighted by Gasteiger charge is -2.03. The van der Waals surface area contributed by atoms with Gasteiger partial charge in [-0.1, -0.05) is 0 Å². The third-order valence-corrected chi connectivity index (χ3v) is 2.35. The highest BCUT2D eigenvalue weighted by Crippen LogP contribution is 2.11. The summed E-state index contributed by atoms with van der Waals surface area (Å²) in [7, 11) is 0. The standard InChI is InChI=1S/C9H10N4S/c10-7-1-8(3-11-2-7)12-4-9-5-14-6-13-9/h1-3,5-6,12H,4,10H2. The highest BCUT2D eigenvalue weighted by Gasteiger charge is 1.96. The Bertz CT molecular complexity index is 399. The van der Waals surface area contributed by atoms with E-state index in [0.717, 1.165) is 11.4 Å². The molecule has 0 radical (unpaired) electrons. The molecule has 3 N–H and O–H groups in total. The van der Waals surface area contributed by atoms with E-state index in [0.29, 0.717) is 12.2 Å². The van der Waals surface area contributed by atoms with Crippen molar-refractivity contribution in [1.29, 1.82) is 0 Å². The van der Waals surface area contributed by atoms with Crippen LogP contribution in [0.3, 0.4) is 0 Å². The maximum atomic E-state index is 5.59. The largest absolute Gasteiger partial charge is 0.397 e. The second-order valence-corrected chi connectivity index (χ2v) is 3.56. The number of hydrogen-bond acceptors (Lipinski definition) is 5. The molecule has 0 fully saturated rings. The molecule has 2 aromatic rings. The monoisotopic (exact) mass is 206 g/mol. The summed E-state index contributed by atoms with van der Waals surface area (Å²) in [5.74, 6) is 0. The molecule has 2 rings (SSSR count). The van der Waals surface area contributed by atoms with E-state index in [2.05, 4.69) is 15.3 Å². The van der Waals surface area contributed by atoms with E-state index in [9.17, 15) is 0 Å². The van der Waals surface area contributed by atoms with Crippen molar-refractivity contribution in [2.45, 2.75) is 6.54 Å². The van der Waals surface area contributed by atoms with Crippen LogP contribution in [-0.2, 0) is 6.54 Å². The van der Waals surface area contributed by atoms with Crippen LogP contribution in [0, 0.1) is 0 Å². The van der Waals surface area contributed by atoms with E-state index in [1.807, 2.05) is 17.0 Å². The van der Waals surface area contributed by atoms with E-state index < -0.39 is 0 Å². The molecule has 0 spiro atoms. The number of anilines is 2. The van der Waals surface area contributed by atoms with Crippen molar-refractivity contribution in [1.82, 2.24) is 9.97 Å². The third kappa shape index (κ3) is 2.20. The number of rotatable bonds is 3. The Morgan fingerprint density at radius 1 is 1.43 bits per heavy atom. The lowest BCUT2D eigenvalue weighted by atomic mass is 10.3. The van der Waals surface area contributed by atoms with Gasteiger partial charge in [0.25, 0.3) is 0 Å². The Labute approximate surface area is 85.8 Å². The molecular weight excluding hydrogens is 196 g/mol. The molecule has 0 atom stereocenters. The zero-order valence-corrected chi connectivity index (χ0v) is 8.29. The summed E-state index contributed by atoms with van der Waals surface area (Å²) in [4.78, 5) is 8.14. The van der Waals surface area contributed by atoms with Gasteiger partial charge in [0.2, 0.25) is 0 Å². The SMILES string of the molecule is Nc1cncc(NCc2cscn2)c1. The number of aromatic nitrogens is 2. The van der Waals surface area contributed by atoms with Gasteiger partial charge in [-0.25, -0.2) is 4.98 Å². The number of nitrogens with two attached hydrogens (primary N) is 1. The van der Waals surface area contributed by atoms with Crippen molar-refractivity contribution >= 4 is 22.7 Å². The Hall–Kier alpha value is -1.62. The van der Waals surface area contributed by atoms with Crippen LogP contribution in [-0.4, -0.2) is 9.97 Å². The molecule has 4 nitrogen and oxygen atoms in total. The normalized spacial score (nSPS) is 10.0. The van der Waals surface area contributed by atoms with Crippen molar-refractivity contribution in [3.63, 3.8) is 0 Å². The van der Waals surface area contributed by atoms with Gasteiger partial charge >= 0.3 is 0 Å². The highest BCUT2D eigenvalue weighted by atomic mass is 32.1. The molecular formula is C9H10N4S. The predicted molar refractivity (Wildman–Crippen MR) is 58.1 cm³/mol. The second-order valence-electron chi connectivity index (χ2n) is 2.84. The average molecular weight is 206 g/mol. The minimum Gasteiger partial charge on any atom is -0.397 e. The van der Waals surface area contributed by atoms with Crippen LogP contribution in [0.1, 0.15) is 5.69 Å². The Balaban J connectivity index is 1.98. The summed E-state index contributed by atoms with van der Waals surface area (Å²) in [6.07, 6.45) is 3.36. The highest BCUT2D eigenvalue weighted by molar-refractivity contribution is 7.07. The molecule has 5 heteroatoms. The Morgan fingerprint density at radius 3 is 3.07 bits per heavy atom. The second kappa shape index (κ2) is 4.06. The van der Waals surface area contributed by atoms with Gasteiger partial charge in [0.1, 0.15) is 0 Å². The lowest BCUT2D eigenvalue weighted by Crippen LogP contribution is -2.00. The minimum atomic E-state index is 0.660. The van der Waals surface area contributed by atoms with Crippen LogP contribution in [0.15, 0.2) is 29.4 Å². The number of pyridine rings is 1. The quantitative estimate of drug-likeness (QED) is 0.802. The Morgan fingerprint density at radius 2 is 2.36 bits per heavy atom. The fraction of sp³-hybridized carbons (Fsp3) is 0.111. The summed E-state index contributed by atoms with van der Waals surface area (Å²) in [5.41, 5.74) is 10.0. The van der Waals surface area contributed by atoms with Crippen LogP contribution >= 0.6 is 11.3 Å². The fourth-order valence-corrected chi connectivity index (χ4v) is 1.63. The molecule has 0 aromatic carbocycles. The summed E-state index contributed by atoms with van der Waals surface area (Å²) in [6, 6.07) is 1.85. The van der Waals surface area contributed by atoms with Gasteiger partial charge in [0.15, 0.2) is 0 Å². The number of hydrogen-bond donors (Lipinski definition) is 2. The molecule has 0 aliphatic carbocycles. The van der Waals surface area contributed by atoms with E-state index in [1.165, 1.54) is 0 Å². The van der Waals surface area contributed by atoms with Gasteiger partial charge in [-0.3, -0.25) is 4.98 Å². The lowest BCUT2D eigenvalue weighted by molar-refractivity contribution is 1.07. The first kappa shape index (κ1) is 8.96.